The first-order valence-corrected chi connectivity index (χ1v) is 15.4. The summed E-state index contributed by atoms with van der Waals surface area (Å²) in [5, 5.41) is 33.6. The van der Waals surface area contributed by atoms with Gasteiger partial charge in [-0.15, -0.1) is 0 Å². The van der Waals surface area contributed by atoms with Crippen LogP contribution in [0.5, 0.6) is 5.75 Å². The van der Waals surface area contributed by atoms with Crippen molar-refractivity contribution < 1.29 is 39.1 Å². The van der Waals surface area contributed by atoms with Gasteiger partial charge in [0.25, 0.3) is 0 Å². The van der Waals surface area contributed by atoms with Crippen molar-refractivity contribution in [2.45, 2.75) is 69.7 Å². The van der Waals surface area contributed by atoms with Crippen LogP contribution in [-0.4, -0.2) is 57.6 Å². The number of hydrogen-bond acceptors (Lipinski definition) is 9. The van der Waals surface area contributed by atoms with Gasteiger partial charge in [-0.2, -0.15) is 0 Å². The highest BCUT2D eigenvalue weighted by Gasteiger charge is 2.75. The number of benzene rings is 2. The molecule has 9 nitrogen and oxygen atoms in total. The normalized spacial score (nSPS) is 39.5. The number of allylic oxidation sites excluding steroid dienone is 4. The van der Waals surface area contributed by atoms with Gasteiger partial charge in [0, 0.05) is 34.1 Å². The molecule has 0 bridgehead atoms. The molecule has 10 atom stereocenters. The van der Waals surface area contributed by atoms with Gasteiger partial charge in [-0.1, -0.05) is 43.7 Å². The van der Waals surface area contributed by atoms with Gasteiger partial charge in [0.05, 0.1) is 24.4 Å². The summed E-state index contributed by atoms with van der Waals surface area (Å²) in [7, 11) is 0. The van der Waals surface area contributed by atoms with Crippen molar-refractivity contribution in [2.75, 3.05) is 12.3 Å². The van der Waals surface area contributed by atoms with Gasteiger partial charge in [-0.25, -0.2) is 4.79 Å². The van der Waals surface area contributed by atoms with Crippen molar-refractivity contribution in [3.8, 4) is 5.75 Å². The molecule has 1 heterocycles. The standard InChI is InChI=1S/C35H39NO8/c1-33-13-12-23(38)14-21(33)10-11-25-26-16-29-35(28(40)18-37,34(26,2)17-27(39)30(25)33)44-32(43-29)20-8-6-19(7-9-20)31(41)42-24-5-3-4-22(36)15-24/h3-9,12-15,25-30,32,37,39-40H,10-11,16-18,36H2,1-2H3/t25-,26-,27-,28?,29+,30+,32-,33-,34-,35+/m0/s1. The number of nitrogen functional groups attached to an aromatic ring is 1. The lowest BCUT2D eigenvalue weighted by molar-refractivity contribution is -0.231. The molecule has 4 aliphatic carbocycles. The van der Waals surface area contributed by atoms with Crippen molar-refractivity contribution in [2.24, 2.45) is 28.6 Å². The summed E-state index contributed by atoms with van der Waals surface area (Å²) < 4.78 is 18.7. The van der Waals surface area contributed by atoms with E-state index in [2.05, 4.69) is 13.8 Å². The van der Waals surface area contributed by atoms with Crippen molar-refractivity contribution in [3.63, 3.8) is 0 Å². The molecule has 0 radical (unpaired) electrons. The third-order valence-electron chi connectivity index (χ3n) is 11.5. The maximum atomic E-state index is 12.7. The fraction of sp³-hybridized carbons (Fsp3) is 0.486. The Labute approximate surface area is 256 Å². The van der Waals surface area contributed by atoms with Crippen LogP contribution in [0.2, 0.25) is 0 Å². The highest BCUT2D eigenvalue weighted by Crippen LogP contribution is 2.71. The molecule has 2 aromatic rings. The first-order chi connectivity index (χ1) is 21.0. The van der Waals surface area contributed by atoms with Crippen LogP contribution in [0.3, 0.4) is 0 Å². The molecule has 4 fully saturated rings. The third kappa shape index (κ3) is 4.17. The molecular weight excluding hydrogens is 562 g/mol. The third-order valence-corrected chi connectivity index (χ3v) is 11.5. The summed E-state index contributed by atoms with van der Waals surface area (Å²) in [6.07, 6.45) is 4.59. The fourth-order valence-corrected chi connectivity index (χ4v) is 9.53. The number of esters is 1. The number of rotatable bonds is 5. The molecule has 2 aromatic carbocycles. The summed E-state index contributed by atoms with van der Waals surface area (Å²) in [5.74, 6) is -0.0871. The van der Waals surface area contributed by atoms with E-state index in [4.69, 9.17) is 19.9 Å². The first-order valence-electron chi connectivity index (χ1n) is 15.4. The quantitative estimate of drug-likeness (QED) is 0.228. The molecule has 5 aliphatic rings. The van der Waals surface area contributed by atoms with Gasteiger partial charge in [-0.3, -0.25) is 4.79 Å². The summed E-state index contributed by atoms with van der Waals surface area (Å²) >= 11 is 0. The second kappa shape index (κ2) is 10.4. The Kier molecular flexibility index (Phi) is 6.91. The monoisotopic (exact) mass is 601 g/mol. The smallest absolute Gasteiger partial charge is 0.343 e. The highest BCUT2D eigenvalue weighted by molar-refractivity contribution is 6.01. The van der Waals surface area contributed by atoms with Crippen molar-refractivity contribution >= 4 is 17.4 Å². The number of carbonyl (C=O) groups is 2. The molecule has 9 heteroatoms. The molecule has 232 valence electrons. The molecule has 7 rings (SSSR count). The van der Waals surface area contributed by atoms with Crippen LogP contribution in [0.25, 0.3) is 0 Å². The van der Waals surface area contributed by atoms with E-state index in [1.54, 1.807) is 60.7 Å². The Balaban J connectivity index is 1.15. The second-order valence-corrected chi connectivity index (χ2v) is 13.6. The van der Waals surface area contributed by atoms with Crippen LogP contribution in [0, 0.1) is 28.6 Å². The molecule has 44 heavy (non-hydrogen) atoms. The van der Waals surface area contributed by atoms with Crippen LogP contribution in [0.1, 0.15) is 61.7 Å². The average Bonchev–Trinajstić information content (AvgIpc) is 3.50. The minimum atomic E-state index is -1.25. The lowest BCUT2D eigenvalue weighted by Gasteiger charge is -2.60. The van der Waals surface area contributed by atoms with Gasteiger partial charge < -0.3 is 35.3 Å². The first kappa shape index (κ1) is 29.4. The minimum absolute atomic E-state index is 0.00868. The Morgan fingerprint density at radius 2 is 1.95 bits per heavy atom. The summed E-state index contributed by atoms with van der Waals surface area (Å²) in [5.41, 5.74) is 6.00. The number of ketones is 1. The molecular formula is C35H39NO8. The predicted molar refractivity (Wildman–Crippen MR) is 160 cm³/mol. The Morgan fingerprint density at radius 3 is 2.68 bits per heavy atom. The van der Waals surface area contributed by atoms with Crippen LogP contribution < -0.4 is 10.5 Å². The number of nitrogens with two attached hydrogens (primary N) is 1. The van der Waals surface area contributed by atoms with Crippen LogP contribution in [-0.2, 0) is 14.3 Å². The second-order valence-electron chi connectivity index (χ2n) is 13.6. The van der Waals surface area contributed by atoms with Crippen molar-refractivity contribution in [1.82, 2.24) is 0 Å². The van der Waals surface area contributed by atoms with Gasteiger partial charge >= 0.3 is 5.97 Å². The van der Waals surface area contributed by atoms with Crippen molar-refractivity contribution in [3.05, 3.63) is 83.5 Å². The van der Waals surface area contributed by atoms with E-state index < -0.39 is 53.6 Å². The zero-order valence-electron chi connectivity index (χ0n) is 24.9. The molecule has 0 amide bonds. The zero-order chi connectivity index (χ0) is 31.0. The number of carbonyl (C=O) groups excluding carboxylic acids is 2. The molecule has 1 unspecified atom stereocenters. The average molecular weight is 602 g/mol. The van der Waals surface area contributed by atoms with Gasteiger partial charge in [-0.05, 0) is 73.9 Å². The fourth-order valence-electron chi connectivity index (χ4n) is 9.53. The summed E-state index contributed by atoms with van der Waals surface area (Å²) in [4.78, 5) is 24.9. The van der Waals surface area contributed by atoms with E-state index in [0.29, 0.717) is 35.4 Å². The molecule has 1 saturated heterocycles. The van der Waals surface area contributed by atoms with E-state index in [0.717, 1.165) is 18.4 Å². The highest BCUT2D eigenvalue weighted by atomic mass is 16.7. The zero-order valence-corrected chi connectivity index (χ0v) is 24.9. The summed E-state index contributed by atoms with van der Waals surface area (Å²) in [6, 6.07) is 13.4. The SMILES string of the molecule is C[C@]12C=CC(=O)C=C1CC[C@@H]1[C@@H]2[C@@H](O)C[C@@]2(C)[C@H]1C[C@H]1O[C@H](c3ccc(C(=O)Oc4cccc(N)c4)cc3)O[C@]12C(O)CO. The number of fused-ring (bicyclic) bond motifs is 7. The number of aliphatic hydroxyl groups excluding tert-OH is 3. The maximum absolute atomic E-state index is 12.7. The van der Waals surface area contributed by atoms with Gasteiger partial charge in [0.2, 0.25) is 0 Å². The van der Waals surface area contributed by atoms with E-state index in [-0.39, 0.29) is 23.5 Å². The number of anilines is 1. The predicted octanol–water partition coefficient (Wildman–Crippen LogP) is 3.88. The molecule has 5 N–H and O–H groups in total. The number of aliphatic hydroxyl groups is 3. The molecule has 0 aromatic heterocycles. The van der Waals surface area contributed by atoms with E-state index in [1.165, 1.54) is 0 Å². The largest absolute Gasteiger partial charge is 0.423 e. The Hall–Kier alpha value is -3.34. The number of hydrogen-bond donors (Lipinski definition) is 4. The van der Waals surface area contributed by atoms with E-state index in [1.807, 2.05) is 6.08 Å². The van der Waals surface area contributed by atoms with Crippen molar-refractivity contribution in [1.29, 1.82) is 0 Å². The van der Waals surface area contributed by atoms with Crippen LogP contribution in [0.15, 0.2) is 72.3 Å². The Morgan fingerprint density at radius 1 is 1.18 bits per heavy atom. The Bertz CT molecular complexity index is 1550. The molecule has 1 aliphatic heterocycles. The van der Waals surface area contributed by atoms with E-state index >= 15 is 0 Å². The minimum Gasteiger partial charge on any atom is -0.423 e. The van der Waals surface area contributed by atoms with Crippen LogP contribution in [0.4, 0.5) is 5.69 Å². The van der Waals surface area contributed by atoms with Gasteiger partial charge in [0.1, 0.15) is 17.5 Å². The maximum Gasteiger partial charge on any atom is 0.343 e. The van der Waals surface area contributed by atoms with E-state index in [9.17, 15) is 24.9 Å². The van der Waals surface area contributed by atoms with Crippen LogP contribution >= 0.6 is 0 Å². The number of ether oxygens (including phenoxy) is 3. The summed E-state index contributed by atoms with van der Waals surface area (Å²) in [6.45, 7) is 3.67. The molecule has 0 spiro atoms. The lowest BCUT2D eigenvalue weighted by atomic mass is 9.46. The topological polar surface area (TPSA) is 149 Å². The lowest BCUT2D eigenvalue weighted by Crippen LogP contribution is -2.64. The van der Waals surface area contributed by atoms with Gasteiger partial charge in [0.15, 0.2) is 12.1 Å². The molecule has 3 saturated carbocycles.